The lowest BCUT2D eigenvalue weighted by atomic mass is 10.0. The highest BCUT2D eigenvalue weighted by molar-refractivity contribution is 7.92. The summed E-state index contributed by atoms with van der Waals surface area (Å²) in [5.74, 6) is -0.773. The number of nitrogens with one attached hydrogen (secondary N) is 1. The summed E-state index contributed by atoms with van der Waals surface area (Å²) in [6.07, 6.45) is 1.79. The molecule has 0 saturated carbocycles. The normalized spacial score (nSPS) is 12.8. The van der Waals surface area contributed by atoms with Gasteiger partial charge in [0.25, 0.3) is 10.0 Å². The van der Waals surface area contributed by atoms with Gasteiger partial charge in [-0.05, 0) is 42.8 Å². The zero-order valence-electron chi connectivity index (χ0n) is 16.9. The van der Waals surface area contributed by atoms with E-state index in [1.165, 1.54) is 42.5 Å². The number of ether oxygens (including phenoxy) is 2. The van der Waals surface area contributed by atoms with E-state index in [4.69, 9.17) is 15.2 Å². The zero-order valence-corrected chi connectivity index (χ0v) is 17.7. The highest BCUT2D eigenvalue weighted by atomic mass is 32.2. The minimum absolute atomic E-state index is 0.00712. The molecule has 2 rings (SSSR count). The van der Waals surface area contributed by atoms with Gasteiger partial charge in [-0.2, -0.15) is 4.99 Å². The molecule has 0 saturated heterocycles. The first-order valence-electron chi connectivity index (χ1n) is 9.26. The van der Waals surface area contributed by atoms with Crippen molar-refractivity contribution in [3.63, 3.8) is 0 Å². The van der Waals surface area contributed by atoms with Crippen LogP contribution in [0.15, 0.2) is 71.1 Å². The summed E-state index contributed by atoms with van der Waals surface area (Å²) in [7, 11) is -3.92. The Kier molecular flexibility index (Phi) is 8.51. The Morgan fingerprint density at radius 1 is 1.29 bits per heavy atom. The van der Waals surface area contributed by atoms with Crippen molar-refractivity contribution in [1.29, 1.82) is 0 Å². The molecule has 0 aromatic heterocycles. The number of esters is 1. The number of carbonyl (C=O) groups is 1. The van der Waals surface area contributed by atoms with E-state index in [-0.39, 0.29) is 23.8 Å². The summed E-state index contributed by atoms with van der Waals surface area (Å²) in [6, 6.07) is 10.7. The number of anilines is 2. The van der Waals surface area contributed by atoms with Gasteiger partial charge in [-0.1, -0.05) is 24.3 Å². The molecule has 3 N–H and O–H groups in total. The topological polar surface area (TPSA) is 137 Å². The molecule has 0 fully saturated rings. The van der Waals surface area contributed by atoms with E-state index in [1.807, 2.05) is 0 Å². The number of nitrogens with zero attached hydrogens (tertiary/aromatic N) is 1. The molecule has 10 heteroatoms. The van der Waals surface area contributed by atoms with Crippen molar-refractivity contribution in [2.45, 2.75) is 24.0 Å². The summed E-state index contributed by atoms with van der Waals surface area (Å²) in [6.45, 7) is 5.32. The molecule has 31 heavy (non-hydrogen) atoms. The molecule has 9 nitrogen and oxygen atoms in total. The van der Waals surface area contributed by atoms with Crippen LogP contribution in [0.1, 0.15) is 18.6 Å². The van der Waals surface area contributed by atoms with Crippen LogP contribution < -0.4 is 10.5 Å². The first-order valence-corrected chi connectivity index (χ1v) is 10.7. The number of isocyanates is 1. The van der Waals surface area contributed by atoms with Gasteiger partial charge < -0.3 is 15.2 Å². The van der Waals surface area contributed by atoms with Crippen LogP contribution in [0.2, 0.25) is 0 Å². The predicted octanol–water partition coefficient (Wildman–Crippen LogP) is 2.58. The van der Waals surface area contributed by atoms with E-state index in [2.05, 4.69) is 16.3 Å². The number of hydrogen-bond donors (Lipinski definition) is 2. The van der Waals surface area contributed by atoms with Crippen molar-refractivity contribution in [2.24, 2.45) is 4.99 Å². The van der Waals surface area contributed by atoms with Crippen molar-refractivity contribution in [3.8, 4) is 0 Å². The third-order valence-corrected chi connectivity index (χ3v) is 5.42. The summed E-state index contributed by atoms with van der Waals surface area (Å²) >= 11 is 0. The van der Waals surface area contributed by atoms with Crippen LogP contribution in [0.3, 0.4) is 0 Å². The van der Waals surface area contributed by atoms with E-state index in [1.54, 1.807) is 25.1 Å². The lowest BCUT2D eigenvalue weighted by Crippen LogP contribution is -2.30. The van der Waals surface area contributed by atoms with Crippen LogP contribution in [-0.2, 0) is 29.1 Å². The third kappa shape index (κ3) is 6.51. The smallest absolute Gasteiger partial charge is 0.334 e. The summed E-state index contributed by atoms with van der Waals surface area (Å²) in [5.41, 5.74) is 6.58. The number of aliphatic imine (C=N–C) groups is 1. The molecule has 0 radical (unpaired) electrons. The minimum atomic E-state index is -3.92. The van der Waals surface area contributed by atoms with E-state index in [0.29, 0.717) is 11.3 Å². The molecule has 2 aromatic rings. The molecular weight excluding hydrogens is 422 g/mol. The average Bonchev–Trinajstić information content (AvgIpc) is 2.73. The molecule has 0 amide bonds. The molecule has 0 heterocycles. The van der Waals surface area contributed by atoms with Gasteiger partial charge in [0.05, 0.1) is 18.1 Å². The molecule has 164 valence electrons. The summed E-state index contributed by atoms with van der Waals surface area (Å²) in [5, 5.41) is 0. The molecule has 0 aliphatic heterocycles. The molecule has 0 aliphatic carbocycles. The van der Waals surface area contributed by atoms with Crippen molar-refractivity contribution in [3.05, 3.63) is 66.7 Å². The van der Waals surface area contributed by atoms with Crippen LogP contribution >= 0.6 is 0 Å². The second-order valence-corrected chi connectivity index (χ2v) is 7.95. The molecule has 0 spiro atoms. The van der Waals surface area contributed by atoms with Crippen molar-refractivity contribution >= 4 is 33.4 Å². The number of carbonyl (C=O) groups excluding carboxylic acids is 2. The minimum Gasteiger partial charge on any atom is -0.464 e. The zero-order chi connectivity index (χ0) is 22.9. The largest absolute Gasteiger partial charge is 0.464 e. The number of rotatable bonds is 11. The fourth-order valence-electron chi connectivity index (χ4n) is 2.74. The van der Waals surface area contributed by atoms with Crippen LogP contribution in [0, 0.1) is 0 Å². The number of benzene rings is 2. The maximum absolute atomic E-state index is 12.7. The molecule has 2 aromatic carbocycles. The van der Waals surface area contributed by atoms with Gasteiger partial charge in [0.1, 0.15) is 6.10 Å². The second-order valence-electron chi connectivity index (χ2n) is 6.26. The Morgan fingerprint density at radius 3 is 2.68 bits per heavy atom. The van der Waals surface area contributed by atoms with Gasteiger partial charge in [-0.15, -0.1) is 6.58 Å². The Labute approximate surface area is 180 Å². The number of nitrogens with two attached hydrogens (primary N) is 1. The highest BCUT2D eigenvalue weighted by Crippen LogP contribution is 2.28. The van der Waals surface area contributed by atoms with Gasteiger partial charge in [0.2, 0.25) is 6.08 Å². The van der Waals surface area contributed by atoms with Crippen LogP contribution in [-0.4, -0.2) is 39.7 Å². The molecule has 2 atom stereocenters. The van der Waals surface area contributed by atoms with E-state index >= 15 is 0 Å². The maximum atomic E-state index is 12.7. The number of nitrogen functional groups attached to an aromatic ring is 1. The Morgan fingerprint density at radius 2 is 2.03 bits per heavy atom. The lowest BCUT2D eigenvalue weighted by molar-refractivity contribution is -0.148. The summed E-state index contributed by atoms with van der Waals surface area (Å²) < 4.78 is 38.5. The number of sulfonamides is 1. The van der Waals surface area contributed by atoms with E-state index in [9.17, 15) is 18.0 Å². The Balaban J connectivity index is 2.41. The molecule has 2 unspecified atom stereocenters. The fourth-order valence-corrected chi connectivity index (χ4v) is 3.85. The van der Waals surface area contributed by atoms with Gasteiger partial charge >= 0.3 is 5.97 Å². The highest BCUT2D eigenvalue weighted by Gasteiger charge is 2.32. The van der Waals surface area contributed by atoms with Crippen molar-refractivity contribution < 1.29 is 27.5 Å². The molecule has 0 aliphatic rings. The van der Waals surface area contributed by atoms with E-state index in [0.717, 1.165) is 0 Å². The first kappa shape index (κ1) is 23.8. The first-order chi connectivity index (χ1) is 14.8. The Hall–Kier alpha value is -3.46. The average molecular weight is 445 g/mol. The quantitative estimate of drug-likeness (QED) is 0.178. The molecule has 0 bridgehead atoms. The van der Waals surface area contributed by atoms with Gasteiger partial charge in [0, 0.05) is 11.4 Å². The number of hydrogen-bond acceptors (Lipinski definition) is 8. The Bertz CT molecular complexity index is 1080. The lowest BCUT2D eigenvalue weighted by Gasteiger charge is -2.22. The SMILES string of the molecule is C=CCOC(c1cccc(NS(=O)(=O)c2cccc(N)c2)c1)C(N=C=O)C(=O)OCC. The third-order valence-electron chi connectivity index (χ3n) is 4.04. The van der Waals surface area contributed by atoms with E-state index < -0.39 is 28.1 Å². The fraction of sp³-hybridized carbons (Fsp3) is 0.238. The second kappa shape index (κ2) is 11.1. The van der Waals surface area contributed by atoms with Gasteiger partial charge in [0.15, 0.2) is 6.04 Å². The standard InChI is InChI=1S/C21H23N3O6S/c1-3-11-30-20(19(23-14-25)21(26)29-4-2)15-7-5-9-17(12-15)24-31(27,28)18-10-6-8-16(22)13-18/h3,5-10,12-13,19-20,24H,1,4,11,22H2,2H3. The van der Waals surface area contributed by atoms with Crippen LogP contribution in [0.5, 0.6) is 0 Å². The predicted molar refractivity (Wildman–Crippen MR) is 116 cm³/mol. The van der Waals surface area contributed by atoms with Crippen LogP contribution in [0.4, 0.5) is 11.4 Å². The monoisotopic (exact) mass is 445 g/mol. The van der Waals surface area contributed by atoms with Gasteiger partial charge in [-0.25, -0.2) is 18.0 Å². The van der Waals surface area contributed by atoms with Gasteiger partial charge in [-0.3, -0.25) is 4.72 Å². The van der Waals surface area contributed by atoms with Crippen LogP contribution in [0.25, 0.3) is 0 Å². The van der Waals surface area contributed by atoms with Crippen molar-refractivity contribution in [1.82, 2.24) is 0 Å². The maximum Gasteiger partial charge on any atom is 0.334 e. The molecular formula is C21H23N3O6S. The van der Waals surface area contributed by atoms with Crippen molar-refractivity contribution in [2.75, 3.05) is 23.7 Å². The summed E-state index contributed by atoms with van der Waals surface area (Å²) in [4.78, 5) is 26.7.